The van der Waals surface area contributed by atoms with Gasteiger partial charge in [-0.05, 0) is 38.0 Å². The zero-order chi connectivity index (χ0) is 19.7. The van der Waals surface area contributed by atoms with Gasteiger partial charge in [0.2, 0.25) is 5.91 Å². The zero-order valence-corrected chi connectivity index (χ0v) is 16.6. The van der Waals surface area contributed by atoms with Crippen LogP contribution in [0.2, 0.25) is 5.15 Å². The summed E-state index contributed by atoms with van der Waals surface area (Å²) in [5, 5.41) is 7.62. The van der Waals surface area contributed by atoms with Gasteiger partial charge in [0.15, 0.2) is 11.6 Å². The van der Waals surface area contributed by atoms with Gasteiger partial charge >= 0.3 is 0 Å². The molecular weight excluding hydrogens is 376 g/mol. The smallest absolute Gasteiger partial charge is 0.249 e. The van der Waals surface area contributed by atoms with Crippen LogP contribution in [0.25, 0.3) is 17.1 Å². The van der Waals surface area contributed by atoms with Gasteiger partial charge < -0.3 is 10.2 Å². The molecule has 1 amide bonds. The van der Waals surface area contributed by atoms with E-state index in [2.05, 4.69) is 20.3 Å². The van der Waals surface area contributed by atoms with Crippen LogP contribution in [0.15, 0.2) is 30.3 Å². The number of aryl methyl sites for hydroxylation is 2. The lowest BCUT2D eigenvalue weighted by Gasteiger charge is -2.19. The van der Waals surface area contributed by atoms with Crippen LogP contribution in [0.4, 0.5) is 11.6 Å². The first-order valence-electron chi connectivity index (χ1n) is 9.23. The second-order valence-electron chi connectivity index (χ2n) is 6.81. The maximum Gasteiger partial charge on any atom is 0.249 e. The Kier molecular flexibility index (Phi) is 5.00. The van der Waals surface area contributed by atoms with Crippen molar-refractivity contribution in [3.8, 4) is 0 Å². The van der Waals surface area contributed by atoms with Gasteiger partial charge in [0.1, 0.15) is 5.15 Å². The number of hydrogen-bond donors (Lipinski definition) is 1. The Morgan fingerprint density at radius 3 is 2.50 bits per heavy atom. The van der Waals surface area contributed by atoms with E-state index in [9.17, 15) is 4.79 Å². The molecule has 0 spiro atoms. The third kappa shape index (κ3) is 3.57. The van der Waals surface area contributed by atoms with E-state index >= 15 is 0 Å². The van der Waals surface area contributed by atoms with Gasteiger partial charge in [0.05, 0.1) is 16.7 Å². The molecule has 8 heteroatoms. The van der Waals surface area contributed by atoms with Crippen LogP contribution in [0.1, 0.15) is 24.1 Å². The lowest BCUT2D eigenvalue weighted by Crippen LogP contribution is -2.22. The molecule has 0 unspecified atom stereocenters. The Bertz CT molecular complexity index is 1070. The molecular formula is C20H21ClN6O. The molecule has 1 N–H and O–H groups in total. The number of carbonyl (C=O) groups excluding carboxylic acids is 1. The normalized spacial score (nSPS) is 14.3. The highest BCUT2D eigenvalue weighted by atomic mass is 35.5. The molecule has 1 saturated heterocycles. The summed E-state index contributed by atoms with van der Waals surface area (Å²) in [6.45, 7) is 3.68. The Morgan fingerprint density at radius 1 is 1.18 bits per heavy atom. The number of fused-ring (bicyclic) bond motifs is 1. The fraction of sp³-hybridized carbons (Fsp3) is 0.300. The van der Waals surface area contributed by atoms with Crippen molar-refractivity contribution in [2.24, 2.45) is 7.05 Å². The Morgan fingerprint density at radius 2 is 1.86 bits per heavy atom. The molecule has 144 valence electrons. The number of benzene rings is 1. The lowest BCUT2D eigenvalue weighted by atomic mass is 10.2. The highest BCUT2D eigenvalue weighted by molar-refractivity contribution is 6.31. The molecule has 3 aromatic rings. The van der Waals surface area contributed by atoms with Gasteiger partial charge in [-0.1, -0.05) is 23.7 Å². The summed E-state index contributed by atoms with van der Waals surface area (Å²) in [5.41, 5.74) is 3.05. The third-order valence-electron chi connectivity index (χ3n) is 4.80. The number of anilines is 2. The number of nitrogens with zero attached hydrogens (tertiary/aromatic N) is 5. The fourth-order valence-electron chi connectivity index (χ4n) is 3.38. The Labute approximate surface area is 168 Å². The van der Waals surface area contributed by atoms with Crippen LogP contribution in [-0.2, 0) is 11.8 Å². The van der Waals surface area contributed by atoms with Gasteiger partial charge in [0.25, 0.3) is 0 Å². The van der Waals surface area contributed by atoms with Crippen LogP contribution in [-0.4, -0.2) is 38.7 Å². The molecule has 7 nitrogen and oxygen atoms in total. The highest BCUT2D eigenvalue weighted by Crippen LogP contribution is 2.28. The van der Waals surface area contributed by atoms with Crippen molar-refractivity contribution in [3.05, 3.63) is 46.8 Å². The summed E-state index contributed by atoms with van der Waals surface area (Å²) in [4.78, 5) is 24.1. The van der Waals surface area contributed by atoms with Crippen molar-refractivity contribution in [3.63, 3.8) is 0 Å². The number of nitrogens with one attached hydrogen (secondary N) is 1. The average Bonchev–Trinajstić information content (AvgIpc) is 3.29. The van der Waals surface area contributed by atoms with Gasteiger partial charge in [-0.3, -0.25) is 9.48 Å². The van der Waals surface area contributed by atoms with Crippen molar-refractivity contribution in [2.45, 2.75) is 19.8 Å². The molecule has 0 bridgehead atoms. The minimum Gasteiger partial charge on any atom is -0.354 e. The topological polar surface area (TPSA) is 75.9 Å². The van der Waals surface area contributed by atoms with Crippen molar-refractivity contribution >= 4 is 46.3 Å². The number of rotatable bonds is 4. The van der Waals surface area contributed by atoms with Crippen molar-refractivity contribution in [1.82, 2.24) is 19.7 Å². The summed E-state index contributed by atoms with van der Waals surface area (Å²) < 4.78 is 1.58. The zero-order valence-electron chi connectivity index (χ0n) is 15.8. The van der Waals surface area contributed by atoms with E-state index in [1.807, 2.05) is 31.2 Å². The standard InChI is InChI=1S/C20H21ClN6O/c1-13-14(18(21)26(2)25-13)9-10-17(28)24-19-20(27-11-5-6-12-27)23-16-8-4-3-7-15(16)22-19/h3-4,7-10H,5-6,11-12H2,1-2H3,(H,22,24,28)/b10-9+. The summed E-state index contributed by atoms with van der Waals surface area (Å²) in [6, 6.07) is 7.66. The van der Waals surface area contributed by atoms with Gasteiger partial charge in [0, 0.05) is 31.8 Å². The van der Waals surface area contributed by atoms with Gasteiger partial charge in [-0.15, -0.1) is 0 Å². The number of aromatic nitrogens is 4. The molecule has 0 saturated carbocycles. The number of halogens is 1. The molecule has 1 aliphatic rings. The second kappa shape index (κ2) is 7.59. The first kappa shape index (κ1) is 18.4. The van der Waals surface area contributed by atoms with E-state index in [-0.39, 0.29) is 5.91 Å². The average molecular weight is 397 g/mol. The third-order valence-corrected chi connectivity index (χ3v) is 5.25. The monoisotopic (exact) mass is 396 g/mol. The minimum absolute atomic E-state index is 0.288. The molecule has 3 heterocycles. The molecule has 0 radical (unpaired) electrons. The van der Waals surface area contributed by atoms with Crippen LogP contribution >= 0.6 is 11.6 Å². The second-order valence-corrected chi connectivity index (χ2v) is 7.17. The SMILES string of the molecule is Cc1nn(C)c(Cl)c1/C=C/C(=O)Nc1nc2ccccc2nc1N1CCCC1. The predicted molar refractivity (Wildman–Crippen MR) is 112 cm³/mol. The molecule has 1 aliphatic heterocycles. The van der Waals surface area contributed by atoms with Crippen LogP contribution < -0.4 is 10.2 Å². The first-order chi connectivity index (χ1) is 13.5. The molecule has 1 fully saturated rings. The lowest BCUT2D eigenvalue weighted by molar-refractivity contribution is -0.111. The van der Waals surface area contributed by atoms with E-state index in [0.29, 0.717) is 16.8 Å². The van der Waals surface area contributed by atoms with E-state index in [0.717, 1.165) is 48.2 Å². The summed E-state index contributed by atoms with van der Waals surface area (Å²) in [6.07, 6.45) is 5.34. The fourth-order valence-corrected chi connectivity index (χ4v) is 3.61. The molecule has 4 rings (SSSR count). The summed E-state index contributed by atoms with van der Waals surface area (Å²) >= 11 is 6.22. The maximum absolute atomic E-state index is 12.6. The van der Waals surface area contributed by atoms with E-state index < -0.39 is 0 Å². The molecule has 28 heavy (non-hydrogen) atoms. The molecule has 0 atom stereocenters. The van der Waals surface area contributed by atoms with Crippen LogP contribution in [0.3, 0.4) is 0 Å². The van der Waals surface area contributed by atoms with Crippen molar-refractivity contribution in [2.75, 3.05) is 23.3 Å². The quantitative estimate of drug-likeness (QED) is 0.682. The number of hydrogen-bond acceptors (Lipinski definition) is 5. The number of carbonyl (C=O) groups is 1. The largest absolute Gasteiger partial charge is 0.354 e. The van der Waals surface area contributed by atoms with E-state index in [1.54, 1.807) is 17.8 Å². The number of para-hydroxylation sites is 2. The van der Waals surface area contributed by atoms with Crippen molar-refractivity contribution < 1.29 is 4.79 Å². The Balaban J connectivity index is 1.63. The molecule has 2 aromatic heterocycles. The van der Waals surface area contributed by atoms with Crippen LogP contribution in [0, 0.1) is 6.92 Å². The first-order valence-corrected chi connectivity index (χ1v) is 9.60. The van der Waals surface area contributed by atoms with Gasteiger partial charge in [-0.25, -0.2) is 9.97 Å². The highest BCUT2D eigenvalue weighted by Gasteiger charge is 2.20. The maximum atomic E-state index is 12.6. The summed E-state index contributed by atoms with van der Waals surface area (Å²) in [7, 11) is 1.76. The molecule has 0 aliphatic carbocycles. The van der Waals surface area contributed by atoms with Gasteiger partial charge in [-0.2, -0.15) is 5.10 Å². The Hall–Kier alpha value is -2.93. The number of amides is 1. The van der Waals surface area contributed by atoms with E-state index in [1.165, 1.54) is 6.08 Å². The van der Waals surface area contributed by atoms with Crippen LogP contribution in [0.5, 0.6) is 0 Å². The molecule has 1 aromatic carbocycles. The minimum atomic E-state index is -0.288. The van der Waals surface area contributed by atoms with E-state index in [4.69, 9.17) is 16.6 Å². The predicted octanol–water partition coefficient (Wildman–Crippen LogP) is 3.58. The summed E-state index contributed by atoms with van der Waals surface area (Å²) in [5.74, 6) is 0.905. The van der Waals surface area contributed by atoms with Crippen molar-refractivity contribution in [1.29, 1.82) is 0 Å².